The third-order valence-corrected chi connectivity index (χ3v) is 3.36. The van der Waals surface area contributed by atoms with Gasteiger partial charge in [0.25, 0.3) is 5.91 Å². The molecule has 1 aromatic carbocycles. The molecule has 108 valence electrons. The summed E-state index contributed by atoms with van der Waals surface area (Å²) in [6.45, 7) is 5.25. The lowest BCUT2D eigenvalue weighted by atomic mass is 10.0. The zero-order valence-electron chi connectivity index (χ0n) is 12.0. The van der Waals surface area contributed by atoms with E-state index in [0.29, 0.717) is 17.1 Å². The molecule has 1 aliphatic heterocycles. The van der Waals surface area contributed by atoms with E-state index in [0.717, 1.165) is 0 Å². The molecule has 1 atom stereocenters. The smallest absolute Gasteiger partial charge is 0.265 e. The first-order valence-corrected chi connectivity index (χ1v) is 6.45. The first kappa shape index (κ1) is 14.3. The molecule has 1 aromatic rings. The quantitative estimate of drug-likeness (QED) is 0.779. The van der Waals surface area contributed by atoms with E-state index in [2.05, 4.69) is 16.0 Å². The average Bonchev–Trinajstić information content (AvgIpc) is 2.40. The number of amides is 2. The zero-order chi connectivity index (χ0) is 14.9. The highest BCUT2D eigenvalue weighted by atomic mass is 16.5. The standard InChI is InChI=1S/C14H19N3O3/c1-8-12(18)17-10-7-9(5-6-11(10)20-8)16-13(19)14(2,3)15-4/h5-8,15H,1-4H3,(H,16,19)(H,17,18). The summed E-state index contributed by atoms with van der Waals surface area (Å²) in [5, 5.41) is 8.48. The molecule has 0 aromatic heterocycles. The van der Waals surface area contributed by atoms with Crippen molar-refractivity contribution >= 4 is 23.2 Å². The van der Waals surface area contributed by atoms with Gasteiger partial charge in [0.05, 0.1) is 11.2 Å². The van der Waals surface area contributed by atoms with Gasteiger partial charge in [-0.1, -0.05) is 0 Å². The summed E-state index contributed by atoms with van der Waals surface area (Å²) < 4.78 is 5.46. The molecule has 0 radical (unpaired) electrons. The number of hydrogen-bond acceptors (Lipinski definition) is 4. The van der Waals surface area contributed by atoms with Crippen molar-refractivity contribution in [2.75, 3.05) is 17.7 Å². The van der Waals surface area contributed by atoms with Gasteiger partial charge in [-0.25, -0.2) is 0 Å². The normalized spacial score (nSPS) is 17.8. The monoisotopic (exact) mass is 277 g/mol. The molecule has 2 rings (SSSR count). The minimum Gasteiger partial charge on any atom is -0.479 e. The van der Waals surface area contributed by atoms with Crippen LogP contribution in [0.15, 0.2) is 18.2 Å². The molecule has 20 heavy (non-hydrogen) atoms. The Balaban J connectivity index is 2.18. The first-order chi connectivity index (χ1) is 9.33. The van der Waals surface area contributed by atoms with Crippen LogP contribution in [0, 0.1) is 0 Å². The molecule has 2 amide bonds. The van der Waals surface area contributed by atoms with Gasteiger partial charge in [0.15, 0.2) is 6.10 Å². The zero-order valence-corrected chi connectivity index (χ0v) is 12.0. The molecule has 0 saturated carbocycles. The third kappa shape index (κ3) is 2.75. The summed E-state index contributed by atoms with van der Waals surface area (Å²) in [6.07, 6.45) is -0.508. The maximum absolute atomic E-state index is 12.1. The largest absolute Gasteiger partial charge is 0.479 e. The van der Waals surface area contributed by atoms with Crippen molar-refractivity contribution in [1.29, 1.82) is 0 Å². The Morgan fingerprint density at radius 2 is 2.10 bits per heavy atom. The summed E-state index contributed by atoms with van der Waals surface area (Å²) in [6, 6.07) is 5.16. The summed E-state index contributed by atoms with van der Waals surface area (Å²) in [7, 11) is 1.72. The van der Waals surface area contributed by atoms with Crippen molar-refractivity contribution in [2.45, 2.75) is 32.4 Å². The van der Waals surface area contributed by atoms with Crippen LogP contribution < -0.4 is 20.7 Å². The van der Waals surface area contributed by atoms with Crippen molar-refractivity contribution in [3.05, 3.63) is 18.2 Å². The van der Waals surface area contributed by atoms with E-state index in [1.807, 2.05) is 0 Å². The van der Waals surface area contributed by atoms with E-state index >= 15 is 0 Å². The van der Waals surface area contributed by atoms with Crippen LogP contribution in [0.2, 0.25) is 0 Å². The lowest BCUT2D eigenvalue weighted by Gasteiger charge is -2.25. The second-order valence-electron chi connectivity index (χ2n) is 5.29. The molecular weight excluding hydrogens is 258 g/mol. The van der Waals surface area contributed by atoms with E-state index in [1.165, 1.54) is 0 Å². The van der Waals surface area contributed by atoms with Crippen molar-refractivity contribution in [2.24, 2.45) is 0 Å². The predicted octanol–water partition coefficient (Wildman–Crippen LogP) is 1.34. The second kappa shape index (κ2) is 5.13. The van der Waals surface area contributed by atoms with Crippen LogP contribution in [0.3, 0.4) is 0 Å². The fourth-order valence-electron chi connectivity index (χ4n) is 1.69. The van der Waals surface area contributed by atoms with E-state index < -0.39 is 11.6 Å². The summed E-state index contributed by atoms with van der Waals surface area (Å²) in [5.41, 5.74) is 0.494. The molecule has 6 heteroatoms. The number of carbonyl (C=O) groups excluding carboxylic acids is 2. The van der Waals surface area contributed by atoms with Gasteiger partial charge >= 0.3 is 0 Å². The van der Waals surface area contributed by atoms with Gasteiger partial charge in [-0.3, -0.25) is 9.59 Å². The number of fused-ring (bicyclic) bond motifs is 1. The van der Waals surface area contributed by atoms with Crippen molar-refractivity contribution in [3.8, 4) is 5.75 Å². The molecule has 1 aliphatic rings. The van der Waals surface area contributed by atoms with E-state index in [-0.39, 0.29) is 11.8 Å². The molecule has 1 heterocycles. The number of ether oxygens (including phenoxy) is 1. The maximum Gasteiger partial charge on any atom is 0.265 e. The molecule has 0 fully saturated rings. The number of benzene rings is 1. The van der Waals surface area contributed by atoms with Crippen molar-refractivity contribution < 1.29 is 14.3 Å². The molecule has 0 bridgehead atoms. The predicted molar refractivity (Wildman–Crippen MR) is 76.9 cm³/mol. The Labute approximate surface area is 117 Å². The first-order valence-electron chi connectivity index (χ1n) is 6.45. The molecular formula is C14H19N3O3. The van der Waals surface area contributed by atoms with E-state index in [9.17, 15) is 9.59 Å². The number of carbonyl (C=O) groups is 2. The van der Waals surface area contributed by atoms with E-state index in [4.69, 9.17) is 4.74 Å². The van der Waals surface area contributed by atoms with Gasteiger partial charge in [-0.2, -0.15) is 0 Å². The van der Waals surface area contributed by atoms with Gasteiger partial charge in [0.1, 0.15) is 5.75 Å². The summed E-state index contributed by atoms with van der Waals surface area (Å²) >= 11 is 0. The van der Waals surface area contributed by atoms with Crippen LogP contribution in [0.4, 0.5) is 11.4 Å². The highest BCUT2D eigenvalue weighted by Crippen LogP contribution is 2.32. The molecule has 3 N–H and O–H groups in total. The molecule has 0 aliphatic carbocycles. The Morgan fingerprint density at radius 3 is 2.75 bits per heavy atom. The molecule has 0 spiro atoms. The lowest BCUT2D eigenvalue weighted by Crippen LogP contribution is -2.47. The van der Waals surface area contributed by atoms with Gasteiger partial charge in [-0.05, 0) is 46.0 Å². The molecule has 1 unspecified atom stereocenters. The van der Waals surface area contributed by atoms with Gasteiger partial charge in [0, 0.05) is 5.69 Å². The Hall–Kier alpha value is -2.08. The van der Waals surface area contributed by atoms with Crippen LogP contribution >= 0.6 is 0 Å². The summed E-state index contributed by atoms with van der Waals surface area (Å²) in [4.78, 5) is 23.6. The van der Waals surface area contributed by atoms with Gasteiger partial charge in [0.2, 0.25) is 5.91 Å². The topological polar surface area (TPSA) is 79.5 Å². The fourth-order valence-corrected chi connectivity index (χ4v) is 1.69. The number of likely N-dealkylation sites (N-methyl/N-ethyl adjacent to an activating group) is 1. The number of hydrogen-bond donors (Lipinski definition) is 3. The highest BCUT2D eigenvalue weighted by molar-refractivity contribution is 6.00. The fraction of sp³-hybridized carbons (Fsp3) is 0.429. The van der Waals surface area contributed by atoms with Gasteiger partial charge in [-0.15, -0.1) is 0 Å². The van der Waals surface area contributed by atoms with E-state index in [1.54, 1.807) is 46.0 Å². The second-order valence-corrected chi connectivity index (χ2v) is 5.29. The van der Waals surface area contributed by atoms with Crippen LogP contribution in [-0.4, -0.2) is 30.5 Å². The Bertz CT molecular complexity index is 555. The molecule has 6 nitrogen and oxygen atoms in total. The minimum absolute atomic E-state index is 0.156. The Morgan fingerprint density at radius 1 is 1.40 bits per heavy atom. The van der Waals surface area contributed by atoms with Crippen LogP contribution in [0.25, 0.3) is 0 Å². The van der Waals surface area contributed by atoms with Gasteiger partial charge < -0.3 is 20.7 Å². The third-order valence-electron chi connectivity index (χ3n) is 3.36. The average molecular weight is 277 g/mol. The lowest BCUT2D eigenvalue weighted by molar-refractivity contribution is -0.122. The van der Waals surface area contributed by atoms with Crippen molar-refractivity contribution in [1.82, 2.24) is 5.32 Å². The number of nitrogens with one attached hydrogen (secondary N) is 3. The highest BCUT2D eigenvalue weighted by Gasteiger charge is 2.27. The molecule has 0 saturated heterocycles. The summed E-state index contributed by atoms with van der Waals surface area (Å²) in [5.74, 6) is 0.246. The number of rotatable bonds is 3. The SMILES string of the molecule is CNC(C)(C)C(=O)Nc1ccc2c(c1)NC(=O)C(C)O2. The van der Waals surface area contributed by atoms with Crippen LogP contribution in [0.1, 0.15) is 20.8 Å². The van der Waals surface area contributed by atoms with Crippen molar-refractivity contribution in [3.63, 3.8) is 0 Å². The van der Waals surface area contributed by atoms with Crippen LogP contribution in [0.5, 0.6) is 5.75 Å². The number of anilines is 2. The van der Waals surface area contributed by atoms with Crippen LogP contribution in [-0.2, 0) is 9.59 Å². The minimum atomic E-state index is -0.676. The maximum atomic E-state index is 12.1. The Kier molecular flexibility index (Phi) is 3.67.